The predicted octanol–water partition coefficient (Wildman–Crippen LogP) is 1.78. The molecule has 0 bridgehead atoms. The molecular formula is C10H8ClN5O4S. The number of rotatable bonds is 5. The van der Waals surface area contributed by atoms with Gasteiger partial charge in [-0.15, -0.1) is 5.10 Å². The molecule has 11 heteroatoms. The van der Waals surface area contributed by atoms with Crippen molar-refractivity contribution in [3.8, 4) is 0 Å². The molecule has 0 spiro atoms. The van der Waals surface area contributed by atoms with E-state index in [4.69, 9.17) is 16.7 Å². The lowest BCUT2D eigenvalue weighted by Crippen LogP contribution is -2.11. The van der Waals surface area contributed by atoms with Gasteiger partial charge in [-0.05, 0) is 40.7 Å². The Morgan fingerprint density at radius 2 is 2.29 bits per heavy atom. The van der Waals surface area contributed by atoms with E-state index in [0.717, 1.165) is 16.4 Å². The summed E-state index contributed by atoms with van der Waals surface area (Å²) < 4.78 is 1.11. The molecular weight excluding hydrogens is 322 g/mol. The number of carboxylic acids is 1. The highest BCUT2D eigenvalue weighted by molar-refractivity contribution is 7.99. The van der Waals surface area contributed by atoms with Gasteiger partial charge in [-0.3, -0.25) is 14.9 Å². The summed E-state index contributed by atoms with van der Waals surface area (Å²) in [6.07, 6.45) is 0. The Bertz CT molecular complexity index is 719. The number of nitrogens with zero attached hydrogens (tertiary/aromatic N) is 5. The summed E-state index contributed by atoms with van der Waals surface area (Å²) in [5, 5.41) is 30.5. The number of halogens is 1. The molecule has 1 aromatic carbocycles. The molecule has 0 aliphatic rings. The Labute approximate surface area is 127 Å². The molecule has 0 fully saturated rings. The first-order valence-electron chi connectivity index (χ1n) is 5.49. The number of tetrazole rings is 1. The molecule has 21 heavy (non-hydrogen) atoms. The van der Waals surface area contributed by atoms with E-state index in [1.807, 2.05) is 0 Å². The van der Waals surface area contributed by atoms with Crippen molar-refractivity contribution in [2.45, 2.75) is 23.5 Å². The molecule has 1 heterocycles. The number of carbonyl (C=O) groups is 1. The number of aliphatic carboxylic acids is 1. The largest absolute Gasteiger partial charge is 0.480 e. The molecule has 0 aliphatic heterocycles. The Morgan fingerprint density at radius 3 is 2.90 bits per heavy atom. The first-order valence-corrected chi connectivity index (χ1v) is 6.68. The Hall–Kier alpha value is -2.20. The van der Waals surface area contributed by atoms with Crippen LogP contribution in [0.4, 0.5) is 5.69 Å². The maximum absolute atomic E-state index is 10.8. The fourth-order valence-corrected chi connectivity index (χ4v) is 2.67. The van der Waals surface area contributed by atoms with Crippen LogP contribution in [0.2, 0.25) is 5.02 Å². The third-order valence-corrected chi connectivity index (χ3v) is 3.86. The van der Waals surface area contributed by atoms with Gasteiger partial charge in [0.1, 0.15) is 11.6 Å². The fraction of sp³-hybridized carbons (Fsp3) is 0.200. The Balaban J connectivity index is 2.32. The lowest BCUT2D eigenvalue weighted by molar-refractivity contribution is -0.384. The molecule has 2 aromatic rings. The van der Waals surface area contributed by atoms with Gasteiger partial charge < -0.3 is 5.11 Å². The van der Waals surface area contributed by atoms with Gasteiger partial charge in [-0.2, -0.15) is 0 Å². The van der Waals surface area contributed by atoms with Gasteiger partial charge >= 0.3 is 5.97 Å². The molecule has 0 radical (unpaired) electrons. The number of aromatic nitrogens is 4. The second-order valence-electron chi connectivity index (χ2n) is 3.94. The van der Waals surface area contributed by atoms with Gasteiger partial charge in [0.15, 0.2) is 0 Å². The van der Waals surface area contributed by atoms with E-state index >= 15 is 0 Å². The molecule has 0 unspecified atom stereocenters. The first kappa shape index (κ1) is 15.2. The van der Waals surface area contributed by atoms with E-state index in [1.54, 1.807) is 6.92 Å². The van der Waals surface area contributed by atoms with Crippen LogP contribution < -0.4 is 0 Å². The third-order valence-electron chi connectivity index (χ3n) is 2.43. The minimum Gasteiger partial charge on any atom is -0.480 e. The molecule has 110 valence electrons. The van der Waals surface area contributed by atoms with Crippen LogP contribution in [0.25, 0.3) is 0 Å². The van der Waals surface area contributed by atoms with E-state index in [2.05, 4.69) is 15.5 Å². The summed E-state index contributed by atoms with van der Waals surface area (Å²) in [7, 11) is 0. The predicted molar refractivity (Wildman–Crippen MR) is 72.4 cm³/mol. The molecule has 9 nitrogen and oxygen atoms in total. The standard InChI is InChI=1S/C10H8ClN5O4S/c1-5-2-7(16(19)20)6(11)3-8(5)21-10-12-13-14-15(10)4-9(17)18/h2-3H,4H2,1H3,(H,17,18). The molecule has 1 N–H and O–H groups in total. The molecule has 2 rings (SSSR count). The zero-order valence-electron chi connectivity index (χ0n) is 10.6. The quantitative estimate of drug-likeness (QED) is 0.650. The minimum absolute atomic E-state index is 0.00893. The van der Waals surface area contributed by atoms with Crippen molar-refractivity contribution < 1.29 is 14.8 Å². The summed E-state index contributed by atoms with van der Waals surface area (Å²) in [6.45, 7) is 1.30. The lowest BCUT2D eigenvalue weighted by Gasteiger charge is -2.06. The van der Waals surface area contributed by atoms with Gasteiger partial charge in [0.2, 0.25) is 5.16 Å². The molecule has 0 atom stereocenters. The highest BCUT2D eigenvalue weighted by Crippen LogP contribution is 2.35. The summed E-state index contributed by atoms with van der Waals surface area (Å²) >= 11 is 6.93. The van der Waals surface area contributed by atoms with Crippen LogP contribution in [0.5, 0.6) is 0 Å². The van der Waals surface area contributed by atoms with E-state index in [0.29, 0.717) is 10.5 Å². The van der Waals surface area contributed by atoms with Gasteiger partial charge in [0.05, 0.1) is 4.92 Å². The van der Waals surface area contributed by atoms with E-state index < -0.39 is 10.9 Å². The highest BCUT2D eigenvalue weighted by Gasteiger charge is 2.18. The minimum atomic E-state index is -1.08. The molecule has 1 aromatic heterocycles. The second kappa shape index (κ2) is 6.06. The zero-order chi connectivity index (χ0) is 15.6. The SMILES string of the molecule is Cc1cc([N+](=O)[O-])c(Cl)cc1Sc1nnnn1CC(=O)O. The molecule has 0 amide bonds. The van der Waals surface area contributed by atoms with Crippen LogP contribution in [0.1, 0.15) is 5.56 Å². The normalized spacial score (nSPS) is 10.6. The average Bonchev–Trinajstić information content (AvgIpc) is 2.79. The van der Waals surface area contributed by atoms with Crippen LogP contribution in [-0.4, -0.2) is 36.2 Å². The summed E-state index contributed by atoms with van der Waals surface area (Å²) in [5.41, 5.74) is 0.421. The molecule has 0 saturated heterocycles. The number of benzene rings is 1. The second-order valence-corrected chi connectivity index (χ2v) is 5.36. The monoisotopic (exact) mass is 329 g/mol. The Morgan fingerprint density at radius 1 is 1.57 bits per heavy atom. The van der Waals surface area contributed by atoms with E-state index in [-0.39, 0.29) is 22.4 Å². The highest BCUT2D eigenvalue weighted by atomic mass is 35.5. The number of hydrogen-bond donors (Lipinski definition) is 1. The number of hydrogen-bond acceptors (Lipinski definition) is 7. The van der Waals surface area contributed by atoms with Crippen LogP contribution in [-0.2, 0) is 11.3 Å². The van der Waals surface area contributed by atoms with Gasteiger partial charge in [0.25, 0.3) is 5.69 Å². The number of aryl methyl sites for hydroxylation is 1. The van der Waals surface area contributed by atoms with Crippen molar-refractivity contribution in [1.29, 1.82) is 0 Å². The van der Waals surface area contributed by atoms with Crippen LogP contribution in [0.3, 0.4) is 0 Å². The van der Waals surface area contributed by atoms with Gasteiger partial charge in [-0.1, -0.05) is 11.6 Å². The van der Waals surface area contributed by atoms with Gasteiger partial charge in [-0.25, -0.2) is 4.68 Å². The van der Waals surface area contributed by atoms with Crippen molar-refractivity contribution in [1.82, 2.24) is 20.2 Å². The first-order chi connectivity index (χ1) is 9.88. The third kappa shape index (κ3) is 3.47. The lowest BCUT2D eigenvalue weighted by atomic mass is 10.2. The number of nitro benzene ring substituents is 1. The van der Waals surface area contributed by atoms with Crippen molar-refractivity contribution in [3.63, 3.8) is 0 Å². The zero-order valence-corrected chi connectivity index (χ0v) is 12.1. The number of nitro groups is 1. The van der Waals surface area contributed by atoms with E-state index in [1.165, 1.54) is 12.1 Å². The maximum Gasteiger partial charge on any atom is 0.325 e. The van der Waals surface area contributed by atoms with E-state index in [9.17, 15) is 14.9 Å². The van der Waals surface area contributed by atoms with Crippen LogP contribution in [0.15, 0.2) is 22.2 Å². The fourth-order valence-electron chi connectivity index (χ4n) is 1.49. The van der Waals surface area contributed by atoms with Crippen molar-refractivity contribution in [3.05, 3.63) is 32.8 Å². The van der Waals surface area contributed by atoms with Crippen molar-refractivity contribution >= 4 is 35.0 Å². The van der Waals surface area contributed by atoms with Crippen LogP contribution >= 0.6 is 23.4 Å². The maximum atomic E-state index is 10.8. The average molecular weight is 330 g/mol. The summed E-state index contributed by atoms with van der Waals surface area (Å²) in [4.78, 5) is 21.5. The summed E-state index contributed by atoms with van der Waals surface area (Å²) in [5.74, 6) is -1.08. The molecule has 0 aliphatic carbocycles. The van der Waals surface area contributed by atoms with Crippen LogP contribution in [0, 0.1) is 17.0 Å². The Kier molecular flexibility index (Phi) is 4.38. The summed E-state index contributed by atoms with van der Waals surface area (Å²) in [6, 6.07) is 2.77. The topological polar surface area (TPSA) is 124 Å². The van der Waals surface area contributed by atoms with Crippen molar-refractivity contribution in [2.75, 3.05) is 0 Å². The number of carboxylic acid groups (broad SMARTS) is 1. The smallest absolute Gasteiger partial charge is 0.325 e. The van der Waals surface area contributed by atoms with Gasteiger partial charge in [0, 0.05) is 11.0 Å². The van der Waals surface area contributed by atoms with Crippen molar-refractivity contribution in [2.24, 2.45) is 0 Å². The molecule has 0 saturated carbocycles.